The first-order valence-electron chi connectivity index (χ1n) is 4.19. The normalized spacial score (nSPS) is 10.6. The van der Waals surface area contributed by atoms with Gasteiger partial charge in [-0.25, -0.2) is 0 Å². The zero-order chi connectivity index (χ0) is 9.42. The van der Waals surface area contributed by atoms with Gasteiger partial charge in [-0.15, -0.1) is 0 Å². The van der Waals surface area contributed by atoms with Gasteiger partial charge in [0.05, 0.1) is 0 Å². The summed E-state index contributed by atoms with van der Waals surface area (Å²) in [5.41, 5.74) is 0.954. The van der Waals surface area contributed by atoms with E-state index in [0.29, 0.717) is 14.5 Å². The minimum atomic E-state index is 0.198. The molecule has 0 atom stereocenters. The number of ketones is 1. The van der Waals surface area contributed by atoms with Crippen LogP contribution in [0, 0.1) is 6.92 Å². The van der Waals surface area contributed by atoms with Gasteiger partial charge in [-0.05, 0) is 0 Å². The van der Waals surface area contributed by atoms with Crippen LogP contribution in [0.1, 0.15) is 21.7 Å². The van der Waals surface area contributed by atoms with Crippen molar-refractivity contribution in [3.05, 3.63) is 34.3 Å². The summed E-state index contributed by atoms with van der Waals surface area (Å²) < 4.78 is 2.61. The van der Waals surface area contributed by atoms with E-state index in [0.717, 1.165) is 10.9 Å². The van der Waals surface area contributed by atoms with Gasteiger partial charge in [0.1, 0.15) is 0 Å². The number of Topliss-reactive ketones (excluding diaryl/α,β-unsaturated/α-hetero) is 1. The van der Waals surface area contributed by atoms with Crippen molar-refractivity contribution in [1.29, 1.82) is 0 Å². The quantitative estimate of drug-likeness (QED) is 0.549. The molecule has 2 heteroatoms. The number of fused-ring (bicyclic) bond motifs is 1. The van der Waals surface area contributed by atoms with E-state index >= 15 is 0 Å². The van der Waals surface area contributed by atoms with Crippen molar-refractivity contribution in [2.75, 3.05) is 0 Å². The zero-order valence-corrected chi connectivity index (χ0v) is 9.34. The fourth-order valence-electron chi connectivity index (χ4n) is 1.61. The molecular formula is C11H10OSe. The van der Waals surface area contributed by atoms with Gasteiger partial charge in [-0.2, -0.15) is 0 Å². The molecule has 1 aromatic carbocycles. The van der Waals surface area contributed by atoms with E-state index in [1.807, 2.05) is 18.2 Å². The van der Waals surface area contributed by atoms with E-state index < -0.39 is 0 Å². The Kier molecular flexibility index (Phi) is 2.10. The molecule has 0 aliphatic rings. The van der Waals surface area contributed by atoms with Crippen molar-refractivity contribution in [3.63, 3.8) is 0 Å². The van der Waals surface area contributed by atoms with Crippen LogP contribution in [0.3, 0.4) is 0 Å². The Morgan fingerprint density at radius 1 is 1.31 bits per heavy atom. The minimum absolute atomic E-state index is 0.198. The summed E-state index contributed by atoms with van der Waals surface area (Å²) >= 11 is 0.373. The van der Waals surface area contributed by atoms with E-state index in [2.05, 4.69) is 13.0 Å². The van der Waals surface area contributed by atoms with Crippen LogP contribution in [0.25, 0.3) is 9.65 Å². The third-order valence-electron chi connectivity index (χ3n) is 2.12. The molecule has 1 nitrogen and oxygen atoms in total. The van der Waals surface area contributed by atoms with Crippen molar-refractivity contribution in [3.8, 4) is 0 Å². The zero-order valence-electron chi connectivity index (χ0n) is 7.63. The first-order chi connectivity index (χ1) is 6.20. The van der Waals surface area contributed by atoms with Crippen LogP contribution in [0.4, 0.5) is 0 Å². The van der Waals surface area contributed by atoms with Crippen molar-refractivity contribution in [2.24, 2.45) is 0 Å². The molecule has 0 aliphatic heterocycles. The summed E-state index contributed by atoms with van der Waals surface area (Å²) in [6.45, 7) is 3.72. The second kappa shape index (κ2) is 3.13. The maximum absolute atomic E-state index is 11.4. The van der Waals surface area contributed by atoms with Crippen molar-refractivity contribution in [2.45, 2.75) is 13.8 Å². The van der Waals surface area contributed by atoms with Crippen LogP contribution >= 0.6 is 0 Å². The topological polar surface area (TPSA) is 17.1 Å². The van der Waals surface area contributed by atoms with E-state index in [1.54, 1.807) is 6.92 Å². The average Bonchev–Trinajstić information content (AvgIpc) is 2.39. The molecule has 1 heterocycles. The van der Waals surface area contributed by atoms with Gasteiger partial charge in [-0.1, -0.05) is 0 Å². The van der Waals surface area contributed by atoms with Crippen LogP contribution in [-0.2, 0) is 0 Å². The Balaban J connectivity index is 2.86. The van der Waals surface area contributed by atoms with Crippen LogP contribution in [0.2, 0.25) is 0 Å². The number of rotatable bonds is 1. The molecule has 0 saturated carbocycles. The molecule has 0 spiro atoms. The molecular weight excluding hydrogens is 227 g/mol. The summed E-state index contributed by atoms with van der Waals surface area (Å²) in [5, 5.41) is 1.16. The number of carbonyl (C=O) groups excluding carboxylic acids is 1. The van der Waals surface area contributed by atoms with Crippen molar-refractivity contribution >= 4 is 29.9 Å². The van der Waals surface area contributed by atoms with Crippen LogP contribution in [0.15, 0.2) is 24.3 Å². The molecule has 0 aliphatic carbocycles. The first kappa shape index (κ1) is 8.73. The van der Waals surface area contributed by atoms with Gasteiger partial charge in [-0.3, -0.25) is 0 Å². The molecule has 0 fully saturated rings. The van der Waals surface area contributed by atoms with Gasteiger partial charge in [0.2, 0.25) is 0 Å². The number of hydrogen-bond donors (Lipinski definition) is 0. The molecule has 66 valence electrons. The summed E-state index contributed by atoms with van der Waals surface area (Å²) in [5.74, 6) is 0.198. The number of hydrogen-bond acceptors (Lipinski definition) is 1. The van der Waals surface area contributed by atoms with Gasteiger partial charge in [0, 0.05) is 0 Å². The Morgan fingerprint density at radius 3 is 2.69 bits per heavy atom. The second-order valence-electron chi connectivity index (χ2n) is 3.09. The summed E-state index contributed by atoms with van der Waals surface area (Å²) in [4.78, 5) is 11.4. The molecule has 0 bridgehead atoms. The first-order valence-corrected chi connectivity index (χ1v) is 5.90. The third-order valence-corrected chi connectivity index (χ3v) is 4.40. The van der Waals surface area contributed by atoms with Gasteiger partial charge in [0.15, 0.2) is 0 Å². The average molecular weight is 237 g/mol. The molecule has 0 radical (unpaired) electrons. The standard InChI is InChI=1S/C11H10OSe/c1-7(12)11-8(2)13-10-6-4-3-5-9(10)11/h3-6H,1-2H3. The van der Waals surface area contributed by atoms with Crippen molar-refractivity contribution < 1.29 is 4.79 Å². The molecule has 0 N–H and O–H groups in total. The molecule has 1 aromatic heterocycles. The number of aryl methyl sites for hydroxylation is 1. The molecule has 2 rings (SSSR count). The Labute approximate surface area is 83.1 Å². The van der Waals surface area contributed by atoms with E-state index in [9.17, 15) is 4.79 Å². The van der Waals surface area contributed by atoms with Crippen molar-refractivity contribution in [1.82, 2.24) is 0 Å². The van der Waals surface area contributed by atoms with E-state index in [-0.39, 0.29) is 5.78 Å². The third kappa shape index (κ3) is 1.36. The molecule has 0 unspecified atom stereocenters. The second-order valence-corrected chi connectivity index (χ2v) is 5.72. The predicted molar refractivity (Wildman–Crippen MR) is 55.6 cm³/mol. The predicted octanol–water partition coefficient (Wildman–Crippen LogP) is 2.41. The summed E-state index contributed by atoms with van der Waals surface area (Å²) in [7, 11) is 0. The van der Waals surface area contributed by atoms with Gasteiger partial charge < -0.3 is 0 Å². The SMILES string of the molecule is CC(=O)c1c(C)[se]c2ccccc12. The van der Waals surface area contributed by atoms with Crippen LogP contribution < -0.4 is 0 Å². The maximum atomic E-state index is 11.4. The molecule has 13 heavy (non-hydrogen) atoms. The van der Waals surface area contributed by atoms with Gasteiger partial charge in [0.25, 0.3) is 0 Å². The Hall–Kier alpha value is -0.851. The molecule has 0 saturated heterocycles. The number of carbonyl (C=O) groups is 1. The summed E-state index contributed by atoms with van der Waals surface area (Å²) in [6, 6.07) is 8.20. The van der Waals surface area contributed by atoms with Gasteiger partial charge >= 0.3 is 82.8 Å². The molecule has 2 aromatic rings. The fourth-order valence-corrected chi connectivity index (χ4v) is 3.94. The Morgan fingerprint density at radius 2 is 2.00 bits per heavy atom. The van der Waals surface area contributed by atoms with E-state index in [1.165, 1.54) is 8.70 Å². The summed E-state index contributed by atoms with van der Waals surface area (Å²) in [6.07, 6.45) is 0. The van der Waals surface area contributed by atoms with Crippen LogP contribution in [0.5, 0.6) is 0 Å². The van der Waals surface area contributed by atoms with Crippen LogP contribution in [-0.4, -0.2) is 20.3 Å². The fraction of sp³-hybridized carbons (Fsp3) is 0.182. The Bertz CT molecular complexity index is 468. The monoisotopic (exact) mass is 238 g/mol. The molecule has 0 amide bonds. The number of benzene rings is 1. The van der Waals surface area contributed by atoms with E-state index in [4.69, 9.17) is 0 Å².